The number of carbonyl (C=O) groups is 4. The van der Waals surface area contributed by atoms with Gasteiger partial charge < -0.3 is 0 Å². The van der Waals surface area contributed by atoms with Crippen molar-refractivity contribution in [2.45, 2.75) is 0 Å². The largest absolute Gasteiger partial charge is 0.289 e. The SMILES string of the molecule is O=C1c2ccccc2C(=O)c2c(Cl)cccc21.O=C1c2ccccc2C(=O)c2cc(Cl)ccc21. The van der Waals surface area contributed by atoms with Gasteiger partial charge in [-0.1, -0.05) is 83.9 Å². The predicted octanol–water partition coefficient (Wildman–Crippen LogP) is 6.23. The fourth-order valence-electron chi connectivity index (χ4n) is 4.17. The third kappa shape index (κ3) is 3.48. The molecule has 4 aromatic rings. The second kappa shape index (κ2) is 8.49. The van der Waals surface area contributed by atoms with Crippen molar-refractivity contribution in [1.82, 2.24) is 0 Å². The monoisotopic (exact) mass is 484 g/mol. The van der Waals surface area contributed by atoms with Gasteiger partial charge in [-0.25, -0.2) is 0 Å². The van der Waals surface area contributed by atoms with Crippen LogP contribution in [-0.2, 0) is 0 Å². The highest BCUT2D eigenvalue weighted by Gasteiger charge is 2.31. The Morgan fingerprint density at radius 1 is 0.412 bits per heavy atom. The molecule has 2 aliphatic rings. The van der Waals surface area contributed by atoms with Gasteiger partial charge in [-0.15, -0.1) is 0 Å². The molecular formula is C28H14Cl2O4. The van der Waals surface area contributed by atoms with Gasteiger partial charge in [-0.2, -0.15) is 0 Å². The van der Waals surface area contributed by atoms with Gasteiger partial charge in [-0.3, -0.25) is 19.2 Å². The fraction of sp³-hybridized carbons (Fsp3) is 0. The molecule has 0 N–H and O–H groups in total. The molecule has 164 valence electrons. The van der Waals surface area contributed by atoms with Crippen LogP contribution >= 0.6 is 23.2 Å². The molecule has 0 atom stereocenters. The average Bonchev–Trinajstić information content (AvgIpc) is 2.86. The molecule has 0 fully saturated rings. The van der Waals surface area contributed by atoms with Crippen LogP contribution in [-0.4, -0.2) is 23.1 Å². The van der Waals surface area contributed by atoms with Gasteiger partial charge in [0.2, 0.25) is 0 Å². The number of ketones is 4. The number of carbonyl (C=O) groups excluding carboxylic acids is 4. The van der Waals surface area contributed by atoms with E-state index in [0.717, 1.165) is 0 Å². The molecule has 4 nitrogen and oxygen atoms in total. The lowest BCUT2D eigenvalue weighted by atomic mass is 9.84. The van der Waals surface area contributed by atoms with Gasteiger partial charge in [0.25, 0.3) is 0 Å². The molecule has 4 aromatic carbocycles. The summed E-state index contributed by atoms with van der Waals surface area (Å²) in [4.78, 5) is 48.8. The first-order valence-electron chi connectivity index (χ1n) is 10.3. The van der Waals surface area contributed by atoms with Crippen LogP contribution in [0.3, 0.4) is 0 Å². The van der Waals surface area contributed by atoms with E-state index in [0.29, 0.717) is 54.6 Å². The first-order chi connectivity index (χ1) is 16.4. The standard InChI is InChI=1S/2C14H7ClO2/c15-11-7-3-6-10-12(11)14(17)9-5-2-1-4-8(9)13(10)16;15-8-5-6-11-12(7-8)14(17)10-4-2-1-3-9(10)13(11)16/h2*1-7H. The van der Waals surface area contributed by atoms with Gasteiger partial charge in [0.05, 0.1) is 10.6 Å². The van der Waals surface area contributed by atoms with Gasteiger partial charge in [0, 0.05) is 44.0 Å². The molecule has 0 saturated carbocycles. The summed E-state index contributed by atoms with van der Waals surface area (Å²) in [6.07, 6.45) is 0. The van der Waals surface area contributed by atoms with Crippen LogP contribution in [0.2, 0.25) is 10.0 Å². The summed E-state index contributed by atoms with van der Waals surface area (Å²) < 4.78 is 0. The van der Waals surface area contributed by atoms with Crippen LogP contribution < -0.4 is 0 Å². The lowest BCUT2D eigenvalue weighted by Gasteiger charge is -2.17. The summed E-state index contributed by atoms with van der Waals surface area (Å²) >= 11 is 11.8. The van der Waals surface area contributed by atoms with Crippen LogP contribution in [0.1, 0.15) is 63.7 Å². The topological polar surface area (TPSA) is 68.3 Å². The summed E-state index contributed by atoms with van der Waals surface area (Å²) in [7, 11) is 0. The Labute approximate surface area is 204 Å². The maximum absolute atomic E-state index is 12.2. The Balaban J connectivity index is 0.000000142. The molecule has 2 aliphatic carbocycles. The van der Waals surface area contributed by atoms with Crippen LogP contribution in [0.4, 0.5) is 0 Å². The van der Waals surface area contributed by atoms with E-state index in [-0.39, 0.29) is 23.1 Å². The first kappa shape index (κ1) is 22.0. The van der Waals surface area contributed by atoms with Gasteiger partial charge in [0.15, 0.2) is 23.1 Å². The minimum atomic E-state index is -0.180. The number of halogens is 2. The van der Waals surface area contributed by atoms with Gasteiger partial charge in [0.1, 0.15) is 0 Å². The van der Waals surface area contributed by atoms with Crippen molar-refractivity contribution in [3.05, 3.63) is 139 Å². The van der Waals surface area contributed by atoms with E-state index in [1.807, 2.05) is 0 Å². The molecule has 0 amide bonds. The number of fused-ring (bicyclic) bond motifs is 4. The Morgan fingerprint density at radius 3 is 1.44 bits per heavy atom. The van der Waals surface area contributed by atoms with E-state index in [1.165, 1.54) is 0 Å². The normalized spacial score (nSPS) is 13.2. The van der Waals surface area contributed by atoms with Crippen molar-refractivity contribution in [2.24, 2.45) is 0 Å². The zero-order valence-corrected chi connectivity index (χ0v) is 19.0. The number of hydrogen-bond acceptors (Lipinski definition) is 4. The fourth-order valence-corrected chi connectivity index (χ4v) is 4.61. The van der Waals surface area contributed by atoms with Crippen LogP contribution in [0, 0.1) is 0 Å². The molecule has 0 aliphatic heterocycles. The van der Waals surface area contributed by atoms with E-state index in [2.05, 4.69) is 0 Å². The van der Waals surface area contributed by atoms with E-state index in [4.69, 9.17) is 23.2 Å². The third-order valence-electron chi connectivity index (χ3n) is 5.79. The van der Waals surface area contributed by atoms with Gasteiger partial charge >= 0.3 is 0 Å². The molecule has 0 radical (unpaired) electrons. The Morgan fingerprint density at radius 2 is 0.853 bits per heavy atom. The van der Waals surface area contributed by atoms with Crippen molar-refractivity contribution >= 4 is 46.3 Å². The van der Waals surface area contributed by atoms with Crippen molar-refractivity contribution in [3.8, 4) is 0 Å². The van der Waals surface area contributed by atoms with Crippen molar-refractivity contribution in [3.63, 3.8) is 0 Å². The highest BCUT2D eigenvalue weighted by molar-refractivity contribution is 6.39. The molecule has 0 bridgehead atoms. The van der Waals surface area contributed by atoms with E-state index >= 15 is 0 Å². The van der Waals surface area contributed by atoms with E-state index < -0.39 is 0 Å². The summed E-state index contributed by atoms with van der Waals surface area (Å²) in [5.74, 6) is -0.580. The lowest BCUT2D eigenvalue weighted by Crippen LogP contribution is -2.21. The molecule has 34 heavy (non-hydrogen) atoms. The molecule has 0 unspecified atom stereocenters. The molecule has 6 heteroatoms. The van der Waals surface area contributed by atoms with Gasteiger partial charge in [-0.05, 0) is 24.3 Å². The zero-order chi connectivity index (χ0) is 24.0. The molecule has 0 aromatic heterocycles. The highest BCUT2D eigenvalue weighted by Crippen LogP contribution is 2.31. The van der Waals surface area contributed by atoms with Crippen molar-refractivity contribution < 1.29 is 19.2 Å². The smallest absolute Gasteiger partial charge is 0.196 e. The third-order valence-corrected chi connectivity index (χ3v) is 6.34. The maximum atomic E-state index is 12.2. The van der Waals surface area contributed by atoms with Crippen LogP contribution in [0.15, 0.2) is 84.9 Å². The van der Waals surface area contributed by atoms with E-state index in [1.54, 1.807) is 84.9 Å². The molecule has 0 spiro atoms. The zero-order valence-electron chi connectivity index (χ0n) is 17.5. The van der Waals surface area contributed by atoms with Crippen molar-refractivity contribution in [1.29, 1.82) is 0 Å². The Kier molecular flexibility index (Phi) is 5.48. The molecule has 6 rings (SSSR count). The Hall–Kier alpha value is -3.86. The quantitative estimate of drug-likeness (QED) is 0.256. The lowest BCUT2D eigenvalue weighted by molar-refractivity contribution is 0.0979. The predicted molar refractivity (Wildman–Crippen MR) is 130 cm³/mol. The van der Waals surface area contributed by atoms with E-state index in [9.17, 15) is 19.2 Å². The van der Waals surface area contributed by atoms with Crippen LogP contribution in [0.5, 0.6) is 0 Å². The minimum Gasteiger partial charge on any atom is -0.289 e. The Bertz CT molecular complexity index is 1530. The highest BCUT2D eigenvalue weighted by atomic mass is 35.5. The van der Waals surface area contributed by atoms with Crippen molar-refractivity contribution in [2.75, 3.05) is 0 Å². The summed E-state index contributed by atoms with van der Waals surface area (Å²) in [6, 6.07) is 23.4. The number of hydrogen-bond donors (Lipinski definition) is 0. The second-order valence-electron chi connectivity index (χ2n) is 7.76. The average molecular weight is 485 g/mol. The number of benzene rings is 4. The summed E-state index contributed by atoms with van der Waals surface area (Å²) in [5, 5.41) is 0.791. The summed E-state index contributed by atoms with van der Waals surface area (Å²) in [5.41, 5.74) is 3.32. The minimum absolute atomic E-state index is 0.119. The van der Waals surface area contributed by atoms with Crippen LogP contribution in [0.25, 0.3) is 0 Å². The molecular weight excluding hydrogens is 471 g/mol. The second-order valence-corrected chi connectivity index (χ2v) is 8.60. The summed E-state index contributed by atoms with van der Waals surface area (Å²) in [6.45, 7) is 0. The maximum Gasteiger partial charge on any atom is 0.196 e. The number of rotatable bonds is 0. The molecule has 0 saturated heterocycles. The molecule has 0 heterocycles. The first-order valence-corrected chi connectivity index (χ1v) is 11.1.